The standard InChI is InChI=1S/C20H26N2O6S/c1-5-12-22(14-20(23)21-16-8-6-7-9-17(16)27-3)29(24,25)19-13-15(26-2)10-11-18(19)28-4/h6-11,13H,5,12,14H2,1-4H3,(H,21,23). The van der Waals surface area contributed by atoms with Crippen LogP contribution in [-0.4, -0.2) is 53.0 Å². The Morgan fingerprint density at radius 1 is 1.00 bits per heavy atom. The minimum absolute atomic E-state index is 0.0575. The largest absolute Gasteiger partial charge is 0.497 e. The van der Waals surface area contributed by atoms with Crippen LogP contribution < -0.4 is 19.5 Å². The lowest BCUT2D eigenvalue weighted by molar-refractivity contribution is -0.116. The first kappa shape index (κ1) is 22.5. The molecule has 0 aliphatic heterocycles. The van der Waals surface area contributed by atoms with E-state index in [1.807, 2.05) is 6.92 Å². The van der Waals surface area contributed by atoms with Crippen LogP contribution in [0.2, 0.25) is 0 Å². The summed E-state index contributed by atoms with van der Waals surface area (Å²) in [5.41, 5.74) is 0.466. The van der Waals surface area contributed by atoms with E-state index in [2.05, 4.69) is 5.32 Å². The van der Waals surface area contributed by atoms with Gasteiger partial charge in [-0.3, -0.25) is 4.79 Å². The Hall–Kier alpha value is -2.78. The molecule has 0 unspecified atom stereocenters. The Labute approximate surface area is 171 Å². The average molecular weight is 423 g/mol. The van der Waals surface area contributed by atoms with Gasteiger partial charge in [-0.05, 0) is 30.7 Å². The first-order valence-corrected chi connectivity index (χ1v) is 10.5. The maximum Gasteiger partial charge on any atom is 0.247 e. The molecule has 0 fully saturated rings. The van der Waals surface area contributed by atoms with Gasteiger partial charge in [0.25, 0.3) is 0 Å². The molecule has 0 aliphatic rings. The Morgan fingerprint density at radius 3 is 2.31 bits per heavy atom. The lowest BCUT2D eigenvalue weighted by Crippen LogP contribution is -2.38. The number of hydrogen-bond acceptors (Lipinski definition) is 6. The average Bonchev–Trinajstić information content (AvgIpc) is 2.73. The lowest BCUT2D eigenvalue weighted by atomic mass is 10.3. The number of hydrogen-bond donors (Lipinski definition) is 1. The summed E-state index contributed by atoms with van der Waals surface area (Å²) in [5.74, 6) is 0.560. The van der Waals surface area contributed by atoms with Gasteiger partial charge < -0.3 is 19.5 Å². The number of methoxy groups -OCH3 is 3. The molecule has 0 spiro atoms. The third-order valence-electron chi connectivity index (χ3n) is 4.16. The van der Waals surface area contributed by atoms with Gasteiger partial charge in [-0.25, -0.2) is 8.42 Å². The monoisotopic (exact) mass is 422 g/mol. The number of nitrogens with zero attached hydrogens (tertiary/aromatic N) is 1. The Balaban J connectivity index is 2.31. The normalized spacial score (nSPS) is 11.2. The minimum atomic E-state index is -4.01. The van der Waals surface area contributed by atoms with Gasteiger partial charge in [0.2, 0.25) is 15.9 Å². The van der Waals surface area contributed by atoms with Crippen LogP contribution in [0.1, 0.15) is 13.3 Å². The van der Waals surface area contributed by atoms with Gasteiger partial charge in [-0.15, -0.1) is 0 Å². The van der Waals surface area contributed by atoms with Gasteiger partial charge in [-0.2, -0.15) is 4.31 Å². The molecule has 0 aromatic heterocycles. The van der Waals surface area contributed by atoms with E-state index in [-0.39, 0.29) is 23.7 Å². The predicted molar refractivity (Wildman–Crippen MR) is 110 cm³/mol. The van der Waals surface area contributed by atoms with Crippen molar-refractivity contribution >= 4 is 21.6 Å². The van der Waals surface area contributed by atoms with E-state index in [9.17, 15) is 13.2 Å². The molecule has 158 valence electrons. The van der Waals surface area contributed by atoms with Crippen LogP contribution in [0.25, 0.3) is 0 Å². The summed E-state index contributed by atoms with van der Waals surface area (Å²) in [6.07, 6.45) is 0.535. The summed E-state index contributed by atoms with van der Waals surface area (Å²) in [6, 6.07) is 11.4. The van der Waals surface area contributed by atoms with E-state index in [0.717, 1.165) is 4.31 Å². The number of anilines is 1. The predicted octanol–water partition coefficient (Wildman–Crippen LogP) is 2.75. The van der Waals surface area contributed by atoms with E-state index in [4.69, 9.17) is 14.2 Å². The highest BCUT2D eigenvalue weighted by Crippen LogP contribution is 2.31. The Bertz CT molecular complexity index is 946. The fraction of sp³-hybridized carbons (Fsp3) is 0.350. The van der Waals surface area contributed by atoms with E-state index < -0.39 is 15.9 Å². The van der Waals surface area contributed by atoms with Crippen LogP contribution in [0.3, 0.4) is 0 Å². The van der Waals surface area contributed by atoms with Crippen molar-refractivity contribution in [3.63, 3.8) is 0 Å². The van der Waals surface area contributed by atoms with Crippen LogP contribution in [0.15, 0.2) is 47.4 Å². The van der Waals surface area contributed by atoms with Crippen LogP contribution in [0, 0.1) is 0 Å². The SMILES string of the molecule is CCCN(CC(=O)Nc1ccccc1OC)S(=O)(=O)c1cc(OC)ccc1OC. The Kier molecular flexibility index (Phi) is 7.86. The lowest BCUT2D eigenvalue weighted by Gasteiger charge is -2.23. The molecule has 2 aromatic carbocycles. The minimum Gasteiger partial charge on any atom is -0.497 e. The number of ether oxygens (including phenoxy) is 3. The van der Waals surface area contributed by atoms with Crippen molar-refractivity contribution in [1.29, 1.82) is 0 Å². The molecule has 0 radical (unpaired) electrons. The van der Waals surface area contributed by atoms with Gasteiger partial charge >= 0.3 is 0 Å². The second kappa shape index (κ2) is 10.1. The van der Waals surface area contributed by atoms with Crippen molar-refractivity contribution in [2.75, 3.05) is 39.7 Å². The summed E-state index contributed by atoms with van der Waals surface area (Å²) in [7, 11) is 0.324. The molecular weight excluding hydrogens is 396 g/mol. The van der Waals surface area contributed by atoms with Crippen molar-refractivity contribution in [2.24, 2.45) is 0 Å². The third-order valence-corrected chi connectivity index (χ3v) is 6.03. The molecule has 0 heterocycles. The summed E-state index contributed by atoms with van der Waals surface area (Å²) >= 11 is 0. The number of carbonyl (C=O) groups is 1. The van der Waals surface area contributed by atoms with Gasteiger partial charge in [0.1, 0.15) is 22.1 Å². The zero-order valence-electron chi connectivity index (χ0n) is 17.0. The first-order chi connectivity index (χ1) is 13.9. The van der Waals surface area contributed by atoms with Crippen molar-refractivity contribution in [3.8, 4) is 17.2 Å². The quantitative estimate of drug-likeness (QED) is 0.633. The highest BCUT2D eigenvalue weighted by molar-refractivity contribution is 7.89. The highest BCUT2D eigenvalue weighted by Gasteiger charge is 2.29. The van der Waals surface area contributed by atoms with Crippen molar-refractivity contribution in [1.82, 2.24) is 4.31 Å². The molecule has 0 atom stereocenters. The van der Waals surface area contributed by atoms with Gasteiger partial charge in [0.05, 0.1) is 33.6 Å². The van der Waals surface area contributed by atoms with Crippen LogP contribution >= 0.6 is 0 Å². The summed E-state index contributed by atoms with van der Waals surface area (Å²) in [4.78, 5) is 12.5. The molecule has 9 heteroatoms. The molecule has 2 rings (SSSR count). The maximum absolute atomic E-state index is 13.3. The number of carbonyl (C=O) groups excluding carboxylic acids is 1. The van der Waals surface area contributed by atoms with Crippen LogP contribution in [0.5, 0.6) is 17.2 Å². The highest BCUT2D eigenvalue weighted by atomic mass is 32.2. The molecular formula is C20H26N2O6S. The van der Waals surface area contributed by atoms with Crippen LogP contribution in [-0.2, 0) is 14.8 Å². The smallest absolute Gasteiger partial charge is 0.247 e. The summed E-state index contributed by atoms with van der Waals surface area (Å²) in [5, 5.41) is 2.70. The number of para-hydroxylation sites is 2. The zero-order valence-corrected chi connectivity index (χ0v) is 17.8. The summed E-state index contributed by atoms with van der Waals surface area (Å²) < 4.78 is 43.2. The molecule has 0 saturated heterocycles. The van der Waals surface area contributed by atoms with Gasteiger partial charge in [0, 0.05) is 12.6 Å². The van der Waals surface area contributed by atoms with Crippen molar-refractivity contribution in [3.05, 3.63) is 42.5 Å². The molecule has 1 N–H and O–H groups in total. The second-order valence-corrected chi connectivity index (χ2v) is 8.01. The first-order valence-electron chi connectivity index (χ1n) is 9.02. The zero-order chi connectivity index (χ0) is 21.4. The van der Waals surface area contributed by atoms with Crippen molar-refractivity contribution < 1.29 is 27.4 Å². The van der Waals surface area contributed by atoms with E-state index in [0.29, 0.717) is 23.6 Å². The number of amides is 1. The third kappa shape index (κ3) is 5.39. The number of benzene rings is 2. The maximum atomic E-state index is 13.3. The van der Waals surface area contributed by atoms with E-state index >= 15 is 0 Å². The number of sulfonamides is 1. The fourth-order valence-electron chi connectivity index (χ4n) is 2.76. The van der Waals surface area contributed by atoms with Crippen molar-refractivity contribution in [2.45, 2.75) is 18.2 Å². The molecule has 0 bridgehead atoms. The van der Waals surface area contributed by atoms with Crippen LogP contribution in [0.4, 0.5) is 5.69 Å². The molecule has 0 saturated carbocycles. The van der Waals surface area contributed by atoms with Gasteiger partial charge in [0.15, 0.2) is 0 Å². The summed E-state index contributed by atoms with van der Waals surface area (Å²) in [6.45, 7) is 1.65. The van der Waals surface area contributed by atoms with E-state index in [1.54, 1.807) is 30.3 Å². The molecule has 8 nitrogen and oxygen atoms in total. The number of rotatable bonds is 10. The second-order valence-electron chi connectivity index (χ2n) is 6.10. The van der Waals surface area contributed by atoms with E-state index in [1.165, 1.54) is 33.5 Å². The molecule has 0 aliphatic carbocycles. The molecule has 2 aromatic rings. The number of nitrogens with one attached hydrogen (secondary N) is 1. The Morgan fingerprint density at radius 2 is 1.69 bits per heavy atom. The van der Waals surface area contributed by atoms with Gasteiger partial charge in [-0.1, -0.05) is 19.1 Å². The molecule has 29 heavy (non-hydrogen) atoms. The topological polar surface area (TPSA) is 94.2 Å². The fourth-order valence-corrected chi connectivity index (χ4v) is 4.42. The molecule has 1 amide bonds.